The van der Waals surface area contributed by atoms with E-state index in [1.807, 2.05) is 0 Å². The normalized spacial score (nSPS) is 11.2. The molecule has 0 atom stereocenters. The zero-order valence-corrected chi connectivity index (χ0v) is 16.9. The first kappa shape index (κ1) is 19.8. The fourth-order valence-corrected chi connectivity index (χ4v) is 3.33. The van der Waals surface area contributed by atoms with E-state index in [1.165, 1.54) is 35.4 Å². The summed E-state index contributed by atoms with van der Waals surface area (Å²) in [5.74, 6) is -0.535. The molecule has 1 amide bonds. The molecule has 0 aliphatic carbocycles. The molecule has 0 saturated carbocycles. The molecule has 2 aromatic heterocycles. The zero-order chi connectivity index (χ0) is 20.0. The van der Waals surface area contributed by atoms with Gasteiger partial charge in [0, 0.05) is 14.1 Å². The summed E-state index contributed by atoms with van der Waals surface area (Å²) < 4.78 is 3.29. The number of carbonyl (C=O) groups is 1. The summed E-state index contributed by atoms with van der Waals surface area (Å²) in [4.78, 5) is 40.9. The van der Waals surface area contributed by atoms with Gasteiger partial charge in [-0.05, 0) is 23.7 Å². The van der Waals surface area contributed by atoms with Gasteiger partial charge in [0.2, 0.25) is 11.2 Å². The number of carbonyl (C=O) groups excluding carboxylic acids is 1. The lowest BCUT2D eigenvalue weighted by atomic mass is 10.3. The van der Waals surface area contributed by atoms with Crippen LogP contribution in [0.5, 0.6) is 0 Å². The number of benzene rings is 1. The van der Waals surface area contributed by atoms with Crippen molar-refractivity contribution in [2.75, 3.05) is 5.32 Å². The van der Waals surface area contributed by atoms with E-state index in [0.717, 1.165) is 4.57 Å². The molecule has 3 aromatic rings. The quantitative estimate of drug-likeness (QED) is 0.490. The number of fused-ring (bicyclic) bond motifs is 1. The molecule has 2 heterocycles. The van der Waals surface area contributed by atoms with Crippen molar-refractivity contribution in [3.63, 3.8) is 0 Å². The molecule has 0 unspecified atom stereocenters. The highest BCUT2D eigenvalue weighted by atomic mass is 35.5. The first-order chi connectivity index (χ1) is 12.6. The van der Waals surface area contributed by atoms with E-state index in [-0.39, 0.29) is 43.7 Å². The SMILES string of the molecule is Cn1c(=O)c2c(nc(Cl)n2CC(=O)Nc2cc(Cl)c(Cl)cc2Cl)n(C)c1=O. The van der Waals surface area contributed by atoms with Crippen LogP contribution >= 0.6 is 46.4 Å². The second-order valence-corrected chi connectivity index (χ2v) is 7.20. The van der Waals surface area contributed by atoms with Crippen LogP contribution in [0.4, 0.5) is 5.69 Å². The second-order valence-electron chi connectivity index (χ2n) is 5.64. The lowest BCUT2D eigenvalue weighted by Crippen LogP contribution is -2.37. The number of rotatable bonds is 3. The van der Waals surface area contributed by atoms with Crippen molar-refractivity contribution in [3.05, 3.63) is 53.3 Å². The molecule has 1 N–H and O–H groups in total. The molecule has 27 heavy (non-hydrogen) atoms. The average Bonchev–Trinajstić information content (AvgIpc) is 2.92. The van der Waals surface area contributed by atoms with Crippen molar-refractivity contribution < 1.29 is 4.79 Å². The molecule has 1 aromatic carbocycles. The minimum absolute atomic E-state index is 0.0278. The molecule has 0 saturated heterocycles. The van der Waals surface area contributed by atoms with Crippen LogP contribution in [0, 0.1) is 0 Å². The highest BCUT2D eigenvalue weighted by Crippen LogP contribution is 2.32. The van der Waals surface area contributed by atoms with Gasteiger partial charge in [-0.15, -0.1) is 0 Å². The molecule has 0 aliphatic rings. The number of halogens is 4. The van der Waals surface area contributed by atoms with E-state index in [9.17, 15) is 14.4 Å². The van der Waals surface area contributed by atoms with Crippen molar-refractivity contribution in [1.29, 1.82) is 0 Å². The summed E-state index contributed by atoms with van der Waals surface area (Å²) >= 11 is 23.9. The molecule has 0 bridgehead atoms. The van der Waals surface area contributed by atoms with E-state index in [2.05, 4.69) is 10.3 Å². The Kier molecular flexibility index (Phi) is 5.27. The fraction of sp³-hybridized carbons (Fsp3) is 0.200. The molecule has 0 aliphatic heterocycles. The third-order valence-corrected chi connectivity index (χ3v) is 5.21. The smallest absolute Gasteiger partial charge is 0.323 e. The Morgan fingerprint density at radius 3 is 2.33 bits per heavy atom. The van der Waals surface area contributed by atoms with E-state index in [1.54, 1.807) is 0 Å². The van der Waals surface area contributed by atoms with Crippen molar-refractivity contribution in [3.8, 4) is 0 Å². The summed E-state index contributed by atoms with van der Waals surface area (Å²) in [5.41, 5.74) is -0.820. The predicted molar refractivity (Wildman–Crippen MR) is 105 cm³/mol. The Morgan fingerprint density at radius 2 is 1.67 bits per heavy atom. The Labute approximate surface area is 171 Å². The minimum atomic E-state index is -0.618. The number of nitrogens with zero attached hydrogens (tertiary/aromatic N) is 4. The maximum atomic E-state index is 12.5. The van der Waals surface area contributed by atoms with Crippen LogP contribution in [0.15, 0.2) is 21.7 Å². The van der Waals surface area contributed by atoms with E-state index >= 15 is 0 Å². The van der Waals surface area contributed by atoms with Gasteiger partial charge in [-0.25, -0.2) is 4.79 Å². The fourth-order valence-electron chi connectivity index (χ4n) is 2.52. The van der Waals surface area contributed by atoms with Crippen LogP contribution in [-0.4, -0.2) is 24.6 Å². The van der Waals surface area contributed by atoms with Gasteiger partial charge in [0.15, 0.2) is 11.2 Å². The number of hydrogen-bond acceptors (Lipinski definition) is 4. The Bertz CT molecular complexity index is 1210. The molecular weight excluding hydrogens is 440 g/mol. The van der Waals surface area contributed by atoms with Gasteiger partial charge in [0.05, 0.1) is 20.8 Å². The number of anilines is 1. The molecule has 12 heteroatoms. The molecule has 142 valence electrons. The van der Waals surface area contributed by atoms with E-state index < -0.39 is 17.2 Å². The van der Waals surface area contributed by atoms with Crippen LogP contribution in [0.25, 0.3) is 11.2 Å². The first-order valence-electron chi connectivity index (χ1n) is 7.38. The van der Waals surface area contributed by atoms with Gasteiger partial charge in [-0.3, -0.25) is 23.3 Å². The lowest BCUT2D eigenvalue weighted by Gasteiger charge is -2.10. The van der Waals surface area contributed by atoms with Gasteiger partial charge in [-0.1, -0.05) is 34.8 Å². The largest absolute Gasteiger partial charge is 0.332 e. The van der Waals surface area contributed by atoms with Crippen LogP contribution < -0.4 is 16.6 Å². The van der Waals surface area contributed by atoms with Gasteiger partial charge in [-0.2, -0.15) is 4.98 Å². The number of aryl methyl sites for hydroxylation is 1. The van der Waals surface area contributed by atoms with Gasteiger partial charge < -0.3 is 5.32 Å². The van der Waals surface area contributed by atoms with E-state index in [4.69, 9.17) is 46.4 Å². The summed E-state index contributed by atoms with van der Waals surface area (Å²) in [7, 11) is 2.78. The lowest BCUT2D eigenvalue weighted by molar-refractivity contribution is -0.116. The highest BCUT2D eigenvalue weighted by molar-refractivity contribution is 6.44. The number of hydrogen-bond donors (Lipinski definition) is 1. The van der Waals surface area contributed by atoms with Crippen molar-refractivity contribution >= 4 is 69.2 Å². The Balaban J connectivity index is 2.01. The van der Waals surface area contributed by atoms with Crippen LogP contribution in [0.3, 0.4) is 0 Å². The van der Waals surface area contributed by atoms with Crippen LogP contribution in [-0.2, 0) is 25.4 Å². The van der Waals surface area contributed by atoms with Crippen LogP contribution in [0.2, 0.25) is 20.4 Å². The standard InChI is InChI=1S/C15H11Cl4N5O3/c1-22-12-11(13(26)23(2)15(22)27)24(14(19)21-12)5-10(25)20-9-4-7(17)6(16)3-8(9)18/h3-4H,5H2,1-2H3,(H,20,25). The van der Waals surface area contributed by atoms with Crippen molar-refractivity contribution in [2.45, 2.75) is 6.54 Å². The third kappa shape index (κ3) is 3.45. The van der Waals surface area contributed by atoms with E-state index in [0.29, 0.717) is 0 Å². The summed E-state index contributed by atoms with van der Waals surface area (Å²) in [6.07, 6.45) is 0. The Hall–Kier alpha value is -2.00. The molecular formula is C15H11Cl4N5O3. The van der Waals surface area contributed by atoms with Crippen LogP contribution in [0.1, 0.15) is 0 Å². The molecule has 0 spiro atoms. The third-order valence-electron chi connectivity index (χ3n) is 3.89. The maximum absolute atomic E-state index is 12.5. The first-order valence-corrected chi connectivity index (χ1v) is 8.89. The summed E-state index contributed by atoms with van der Waals surface area (Å²) in [5, 5.41) is 3.11. The highest BCUT2D eigenvalue weighted by Gasteiger charge is 2.20. The average molecular weight is 451 g/mol. The van der Waals surface area contributed by atoms with Gasteiger partial charge in [0.25, 0.3) is 5.56 Å². The van der Waals surface area contributed by atoms with Gasteiger partial charge in [0.1, 0.15) is 6.54 Å². The number of nitrogens with one attached hydrogen (secondary N) is 1. The van der Waals surface area contributed by atoms with Crippen molar-refractivity contribution in [1.82, 2.24) is 18.7 Å². The van der Waals surface area contributed by atoms with Gasteiger partial charge >= 0.3 is 5.69 Å². The monoisotopic (exact) mass is 449 g/mol. The molecule has 3 rings (SSSR count). The summed E-state index contributed by atoms with van der Waals surface area (Å²) in [6, 6.07) is 2.80. The van der Waals surface area contributed by atoms with Crippen molar-refractivity contribution in [2.24, 2.45) is 14.1 Å². The predicted octanol–water partition coefficient (Wildman–Crippen LogP) is 2.69. The Morgan fingerprint density at radius 1 is 1.04 bits per heavy atom. The number of amides is 1. The topological polar surface area (TPSA) is 90.9 Å². The summed E-state index contributed by atoms with van der Waals surface area (Å²) in [6.45, 7) is -0.334. The second kappa shape index (κ2) is 7.20. The molecule has 8 nitrogen and oxygen atoms in total. The molecule has 0 fully saturated rings. The number of imidazole rings is 1. The zero-order valence-electron chi connectivity index (χ0n) is 13.9. The maximum Gasteiger partial charge on any atom is 0.332 e. The minimum Gasteiger partial charge on any atom is -0.323 e. The molecule has 0 radical (unpaired) electrons. The number of aromatic nitrogens is 4.